The molecule has 0 radical (unpaired) electrons. The maximum absolute atomic E-state index is 5.60. The molecule has 0 fully saturated rings. The van der Waals surface area contributed by atoms with Crippen molar-refractivity contribution in [2.24, 2.45) is 11.7 Å². The largest absolute Gasteiger partial charge is 0.330 e. The Morgan fingerprint density at radius 3 is 3.00 bits per heavy atom. The summed E-state index contributed by atoms with van der Waals surface area (Å²) in [4.78, 5) is 0. The molecule has 1 aromatic carbocycles. The van der Waals surface area contributed by atoms with Crippen molar-refractivity contribution in [3.8, 4) is 0 Å². The van der Waals surface area contributed by atoms with Gasteiger partial charge < -0.3 is 5.73 Å². The van der Waals surface area contributed by atoms with Crippen LogP contribution in [0.3, 0.4) is 0 Å². The molecule has 1 aromatic rings. The van der Waals surface area contributed by atoms with Gasteiger partial charge in [0.1, 0.15) is 0 Å². The SMILES string of the molecule is CC(CN)CSCC1Cc2ccccc21. The minimum Gasteiger partial charge on any atom is -0.330 e. The number of thioether (sulfide) groups is 1. The molecule has 2 N–H and O–H groups in total. The third-order valence-corrected chi connectivity index (χ3v) is 4.53. The Morgan fingerprint density at radius 2 is 2.27 bits per heavy atom. The fraction of sp³-hybridized carbons (Fsp3) is 0.538. The first kappa shape index (κ1) is 11.0. The number of rotatable bonds is 5. The first-order valence-corrected chi connectivity index (χ1v) is 6.82. The fourth-order valence-corrected chi connectivity index (χ4v) is 3.25. The lowest BCUT2D eigenvalue weighted by molar-refractivity contribution is 0.661. The topological polar surface area (TPSA) is 26.0 Å². The molecule has 1 aliphatic carbocycles. The Morgan fingerprint density at radius 1 is 1.47 bits per heavy atom. The van der Waals surface area contributed by atoms with Crippen molar-refractivity contribution < 1.29 is 0 Å². The van der Waals surface area contributed by atoms with Gasteiger partial charge in [-0.15, -0.1) is 0 Å². The van der Waals surface area contributed by atoms with E-state index < -0.39 is 0 Å². The van der Waals surface area contributed by atoms with E-state index in [-0.39, 0.29) is 0 Å². The zero-order valence-corrected chi connectivity index (χ0v) is 10.1. The molecule has 0 heterocycles. The Kier molecular flexibility index (Phi) is 3.71. The number of hydrogen-bond acceptors (Lipinski definition) is 2. The number of hydrogen-bond donors (Lipinski definition) is 1. The quantitative estimate of drug-likeness (QED) is 0.827. The molecule has 0 amide bonds. The average Bonchev–Trinajstić information content (AvgIpc) is 2.24. The van der Waals surface area contributed by atoms with Gasteiger partial charge in [-0.3, -0.25) is 0 Å². The van der Waals surface area contributed by atoms with Crippen molar-refractivity contribution in [3.63, 3.8) is 0 Å². The van der Waals surface area contributed by atoms with Gasteiger partial charge in [0.05, 0.1) is 0 Å². The van der Waals surface area contributed by atoms with Crippen LogP contribution >= 0.6 is 11.8 Å². The van der Waals surface area contributed by atoms with E-state index in [0.29, 0.717) is 5.92 Å². The Bertz CT molecular complexity index is 324. The third kappa shape index (κ3) is 2.56. The highest BCUT2D eigenvalue weighted by molar-refractivity contribution is 7.99. The summed E-state index contributed by atoms with van der Waals surface area (Å²) >= 11 is 2.05. The lowest BCUT2D eigenvalue weighted by atomic mass is 9.79. The molecular formula is C13H19NS. The molecule has 0 saturated carbocycles. The summed E-state index contributed by atoms with van der Waals surface area (Å²) in [5, 5.41) is 0. The molecule has 1 aliphatic rings. The van der Waals surface area contributed by atoms with Crippen molar-refractivity contribution in [1.82, 2.24) is 0 Å². The van der Waals surface area contributed by atoms with Crippen LogP contribution in [0.4, 0.5) is 0 Å². The summed E-state index contributed by atoms with van der Waals surface area (Å²) in [6, 6.07) is 8.81. The Hall–Kier alpha value is -0.470. The van der Waals surface area contributed by atoms with Crippen molar-refractivity contribution in [3.05, 3.63) is 35.4 Å². The van der Waals surface area contributed by atoms with Crippen molar-refractivity contribution in [2.75, 3.05) is 18.1 Å². The first-order valence-electron chi connectivity index (χ1n) is 5.67. The van der Waals surface area contributed by atoms with Crippen LogP contribution < -0.4 is 5.73 Å². The molecule has 2 heteroatoms. The monoisotopic (exact) mass is 221 g/mol. The molecule has 2 unspecified atom stereocenters. The molecule has 0 spiro atoms. The smallest absolute Gasteiger partial charge is 0.000489 e. The van der Waals surface area contributed by atoms with Crippen LogP contribution in [0.25, 0.3) is 0 Å². The van der Waals surface area contributed by atoms with Crippen LogP contribution in [0.1, 0.15) is 24.0 Å². The van der Waals surface area contributed by atoms with E-state index >= 15 is 0 Å². The van der Waals surface area contributed by atoms with E-state index in [1.807, 2.05) is 0 Å². The van der Waals surface area contributed by atoms with Crippen LogP contribution in [-0.2, 0) is 6.42 Å². The zero-order valence-electron chi connectivity index (χ0n) is 9.28. The minimum atomic E-state index is 0.658. The summed E-state index contributed by atoms with van der Waals surface area (Å²) in [7, 11) is 0. The highest BCUT2D eigenvalue weighted by Crippen LogP contribution is 2.37. The summed E-state index contributed by atoms with van der Waals surface area (Å²) in [6.45, 7) is 3.04. The molecule has 15 heavy (non-hydrogen) atoms. The van der Waals surface area contributed by atoms with E-state index in [0.717, 1.165) is 12.5 Å². The van der Waals surface area contributed by atoms with Gasteiger partial charge in [-0.05, 0) is 41.7 Å². The van der Waals surface area contributed by atoms with E-state index in [9.17, 15) is 0 Å². The molecule has 0 bridgehead atoms. The second-order valence-corrected chi connectivity index (χ2v) is 5.55. The van der Waals surface area contributed by atoms with Gasteiger partial charge in [-0.2, -0.15) is 11.8 Å². The van der Waals surface area contributed by atoms with E-state index in [1.165, 1.54) is 17.9 Å². The van der Waals surface area contributed by atoms with E-state index in [4.69, 9.17) is 5.73 Å². The van der Waals surface area contributed by atoms with E-state index in [1.54, 1.807) is 11.1 Å². The van der Waals surface area contributed by atoms with Crippen LogP contribution in [0.2, 0.25) is 0 Å². The number of benzene rings is 1. The standard InChI is InChI=1S/C13H19NS/c1-10(7-14)8-15-9-12-6-11-4-2-3-5-13(11)12/h2-5,10,12H,6-9,14H2,1H3. The molecular weight excluding hydrogens is 202 g/mol. The first-order chi connectivity index (χ1) is 7.31. The molecule has 2 atom stereocenters. The van der Waals surface area contributed by atoms with Crippen LogP contribution in [0, 0.1) is 5.92 Å². The third-order valence-electron chi connectivity index (χ3n) is 3.09. The lowest BCUT2D eigenvalue weighted by Crippen LogP contribution is -2.20. The van der Waals surface area contributed by atoms with Gasteiger partial charge in [-0.25, -0.2) is 0 Å². The second kappa shape index (κ2) is 5.04. The van der Waals surface area contributed by atoms with Crippen LogP contribution in [-0.4, -0.2) is 18.1 Å². The molecule has 0 aromatic heterocycles. The fourth-order valence-electron chi connectivity index (χ4n) is 1.99. The van der Waals surface area contributed by atoms with Crippen LogP contribution in [0.15, 0.2) is 24.3 Å². The molecule has 0 aliphatic heterocycles. The van der Waals surface area contributed by atoms with Gasteiger partial charge in [0, 0.05) is 5.75 Å². The number of fused-ring (bicyclic) bond motifs is 1. The summed E-state index contributed by atoms with van der Waals surface area (Å²) in [6.07, 6.45) is 1.28. The second-order valence-electron chi connectivity index (χ2n) is 4.48. The average molecular weight is 221 g/mol. The predicted molar refractivity (Wildman–Crippen MR) is 68.4 cm³/mol. The Balaban J connectivity index is 1.75. The van der Waals surface area contributed by atoms with Gasteiger partial charge in [0.2, 0.25) is 0 Å². The Labute approximate surface area is 96.4 Å². The van der Waals surface area contributed by atoms with Crippen molar-refractivity contribution >= 4 is 11.8 Å². The highest BCUT2D eigenvalue weighted by Gasteiger charge is 2.24. The summed E-state index contributed by atoms with van der Waals surface area (Å²) < 4.78 is 0. The maximum atomic E-state index is 5.60. The van der Waals surface area contributed by atoms with E-state index in [2.05, 4.69) is 43.0 Å². The highest BCUT2D eigenvalue weighted by atomic mass is 32.2. The molecule has 2 rings (SSSR count). The summed E-state index contributed by atoms with van der Waals surface area (Å²) in [5.41, 5.74) is 8.72. The molecule has 82 valence electrons. The van der Waals surface area contributed by atoms with Gasteiger partial charge in [0.25, 0.3) is 0 Å². The maximum Gasteiger partial charge on any atom is 0.000489 e. The number of nitrogens with two attached hydrogens (primary N) is 1. The van der Waals surface area contributed by atoms with Gasteiger partial charge in [0.15, 0.2) is 0 Å². The van der Waals surface area contributed by atoms with Gasteiger partial charge in [-0.1, -0.05) is 31.2 Å². The molecule has 0 saturated heterocycles. The van der Waals surface area contributed by atoms with Gasteiger partial charge >= 0.3 is 0 Å². The summed E-state index contributed by atoms with van der Waals surface area (Å²) in [5.74, 6) is 3.93. The normalized spacial score (nSPS) is 20.5. The molecule has 1 nitrogen and oxygen atoms in total. The van der Waals surface area contributed by atoms with Crippen LogP contribution in [0.5, 0.6) is 0 Å². The predicted octanol–water partition coefficient (Wildman–Crippen LogP) is 2.65. The van der Waals surface area contributed by atoms with Crippen molar-refractivity contribution in [2.45, 2.75) is 19.3 Å². The lowest BCUT2D eigenvalue weighted by Gasteiger charge is -2.30. The van der Waals surface area contributed by atoms with Crippen molar-refractivity contribution in [1.29, 1.82) is 0 Å². The minimum absolute atomic E-state index is 0.658. The zero-order chi connectivity index (χ0) is 10.7.